The van der Waals surface area contributed by atoms with Crippen molar-refractivity contribution in [3.63, 3.8) is 0 Å². The summed E-state index contributed by atoms with van der Waals surface area (Å²) in [7, 11) is 0. The summed E-state index contributed by atoms with van der Waals surface area (Å²) >= 11 is 11.8. The van der Waals surface area contributed by atoms with Gasteiger partial charge in [-0.05, 0) is 36.6 Å². The van der Waals surface area contributed by atoms with Gasteiger partial charge in [0.2, 0.25) is 0 Å². The number of hydrogen-bond donors (Lipinski definition) is 1. The average Bonchev–Trinajstić information content (AvgIpc) is 2.20. The van der Waals surface area contributed by atoms with Crippen molar-refractivity contribution in [1.82, 2.24) is 5.32 Å². The van der Waals surface area contributed by atoms with Gasteiger partial charge in [-0.3, -0.25) is 0 Å². The van der Waals surface area contributed by atoms with Crippen molar-refractivity contribution >= 4 is 23.2 Å². The van der Waals surface area contributed by atoms with E-state index in [1.165, 1.54) is 31.2 Å². The van der Waals surface area contributed by atoms with E-state index in [2.05, 4.69) is 5.32 Å². The first-order valence-electron chi connectivity index (χ1n) is 5.90. The van der Waals surface area contributed by atoms with Crippen molar-refractivity contribution in [2.24, 2.45) is 5.92 Å². The minimum atomic E-state index is 0.625. The molecule has 1 aromatic carbocycles. The molecule has 1 fully saturated rings. The van der Waals surface area contributed by atoms with Crippen LogP contribution in [0.25, 0.3) is 0 Å². The molecule has 2 rings (SSSR count). The molecule has 0 bridgehead atoms. The second-order valence-electron chi connectivity index (χ2n) is 4.51. The molecule has 0 atom stereocenters. The quantitative estimate of drug-likeness (QED) is 0.777. The van der Waals surface area contributed by atoms with Crippen LogP contribution in [0.1, 0.15) is 31.2 Å². The van der Waals surface area contributed by atoms with E-state index in [1.807, 2.05) is 18.2 Å². The first-order chi connectivity index (χ1) is 7.75. The van der Waals surface area contributed by atoms with Crippen molar-refractivity contribution in [3.8, 4) is 0 Å². The molecule has 0 saturated heterocycles. The minimum absolute atomic E-state index is 0.625. The smallest absolute Gasteiger partial charge is 0.0595 e. The molecule has 3 heteroatoms. The van der Waals surface area contributed by atoms with Crippen LogP contribution in [0.15, 0.2) is 18.2 Å². The van der Waals surface area contributed by atoms with Gasteiger partial charge < -0.3 is 5.32 Å². The van der Waals surface area contributed by atoms with Crippen molar-refractivity contribution in [3.05, 3.63) is 33.8 Å². The molecule has 0 aromatic heterocycles. The monoisotopic (exact) mass is 257 g/mol. The molecule has 0 aliphatic heterocycles. The second kappa shape index (κ2) is 5.90. The molecular weight excluding hydrogens is 241 g/mol. The Labute approximate surface area is 107 Å². The molecule has 1 nitrogen and oxygen atoms in total. The largest absolute Gasteiger partial charge is 0.313 e. The summed E-state index contributed by atoms with van der Waals surface area (Å²) in [5, 5.41) is 4.71. The zero-order valence-corrected chi connectivity index (χ0v) is 10.8. The van der Waals surface area contributed by atoms with Crippen LogP contribution in [0, 0.1) is 5.92 Å². The first kappa shape index (κ1) is 12.2. The summed E-state index contributed by atoms with van der Waals surface area (Å²) < 4.78 is 0. The van der Waals surface area contributed by atoms with E-state index < -0.39 is 0 Å². The van der Waals surface area contributed by atoms with Crippen LogP contribution in [0.2, 0.25) is 10.0 Å². The van der Waals surface area contributed by atoms with E-state index in [9.17, 15) is 0 Å². The van der Waals surface area contributed by atoms with E-state index in [0.29, 0.717) is 10.0 Å². The van der Waals surface area contributed by atoms with Gasteiger partial charge >= 0.3 is 0 Å². The molecule has 1 saturated carbocycles. The molecule has 1 N–H and O–H groups in total. The maximum Gasteiger partial charge on any atom is 0.0595 e. The van der Waals surface area contributed by atoms with E-state index in [4.69, 9.17) is 23.2 Å². The van der Waals surface area contributed by atoms with Crippen LogP contribution in [-0.2, 0) is 6.54 Å². The molecule has 1 aromatic rings. The van der Waals surface area contributed by atoms with Crippen LogP contribution >= 0.6 is 23.2 Å². The molecule has 0 spiro atoms. The number of hydrogen-bond acceptors (Lipinski definition) is 1. The van der Waals surface area contributed by atoms with Crippen molar-refractivity contribution in [2.45, 2.75) is 32.2 Å². The van der Waals surface area contributed by atoms with E-state index in [-0.39, 0.29) is 0 Å². The van der Waals surface area contributed by atoms with E-state index >= 15 is 0 Å². The Bertz CT molecular complexity index is 348. The summed E-state index contributed by atoms with van der Waals surface area (Å²) in [5.41, 5.74) is 1.20. The lowest BCUT2D eigenvalue weighted by Gasteiger charge is -2.25. The third kappa shape index (κ3) is 3.38. The predicted molar refractivity (Wildman–Crippen MR) is 70.1 cm³/mol. The van der Waals surface area contributed by atoms with Gasteiger partial charge in [0, 0.05) is 6.54 Å². The molecule has 0 amide bonds. The highest BCUT2D eigenvalue weighted by Gasteiger charge is 2.16. The number of nitrogens with one attached hydrogen (secondary N) is 1. The van der Waals surface area contributed by atoms with Crippen LogP contribution in [-0.4, -0.2) is 6.54 Å². The van der Waals surface area contributed by atoms with Crippen LogP contribution in [0.3, 0.4) is 0 Å². The average molecular weight is 258 g/mol. The molecule has 88 valence electrons. The number of halogens is 2. The van der Waals surface area contributed by atoms with Gasteiger partial charge in [0.25, 0.3) is 0 Å². The SMILES string of the molecule is Clc1ccc(CNCCC2CCC2)cc1Cl. The fourth-order valence-corrected chi connectivity index (χ4v) is 2.29. The minimum Gasteiger partial charge on any atom is -0.313 e. The summed E-state index contributed by atoms with van der Waals surface area (Å²) in [6, 6.07) is 5.80. The Morgan fingerprint density at radius 2 is 2.00 bits per heavy atom. The Balaban J connectivity index is 1.69. The number of rotatable bonds is 5. The summed E-state index contributed by atoms with van der Waals surface area (Å²) in [4.78, 5) is 0. The van der Waals surface area contributed by atoms with Gasteiger partial charge in [-0.25, -0.2) is 0 Å². The zero-order chi connectivity index (χ0) is 11.4. The fourth-order valence-electron chi connectivity index (χ4n) is 1.97. The Morgan fingerprint density at radius 3 is 2.62 bits per heavy atom. The van der Waals surface area contributed by atoms with Gasteiger partial charge in [-0.2, -0.15) is 0 Å². The maximum absolute atomic E-state index is 5.95. The van der Waals surface area contributed by atoms with Gasteiger partial charge in [0.05, 0.1) is 10.0 Å². The molecule has 16 heavy (non-hydrogen) atoms. The molecule has 0 unspecified atom stereocenters. The van der Waals surface area contributed by atoms with Gasteiger partial charge in [0.15, 0.2) is 0 Å². The molecule has 0 heterocycles. The van der Waals surface area contributed by atoms with Gasteiger partial charge in [0.1, 0.15) is 0 Å². The second-order valence-corrected chi connectivity index (χ2v) is 5.33. The highest BCUT2D eigenvalue weighted by molar-refractivity contribution is 6.42. The molecule has 1 aliphatic rings. The Hall–Kier alpha value is -0.240. The summed E-state index contributed by atoms with van der Waals surface area (Å²) in [6.45, 7) is 1.98. The lowest BCUT2D eigenvalue weighted by Crippen LogP contribution is -2.21. The lowest BCUT2D eigenvalue weighted by atomic mass is 9.83. The third-order valence-corrected chi connectivity index (χ3v) is 4.01. The molecular formula is C13H17Cl2N. The van der Waals surface area contributed by atoms with Gasteiger partial charge in [-0.1, -0.05) is 48.5 Å². The maximum atomic E-state index is 5.95. The highest BCUT2D eigenvalue weighted by Crippen LogP contribution is 2.28. The Kier molecular flexibility index (Phi) is 4.51. The first-order valence-corrected chi connectivity index (χ1v) is 6.66. The third-order valence-electron chi connectivity index (χ3n) is 3.27. The summed E-state index contributed by atoms with van der Waals surface area (Å²) in [6.07, 6.45) is 5.59. The van der Waals surface area contributed by atoms with Gasteiger partial charge in [-0.15, -0.1) is 0 Å². The normalized spacial score (nSPS) is 16.1. The Morgan fingerprint density at radius 1 is 1.19 bits per heavy atom. The van der Waals surface area contributed by atoms with Crippen LogP contribution < -0.4 is 5.32 Å². The highest BCUT2D eigenvalue weighted by atomic mass is 35.5. The van der Waals surface area contributed by atoms with E-state index in [1.54, 1.807) is 0 Å². The standard InChI is InChI=1S/C13H17Cl2N/c14-12-5-4-11(8-13(12)15)9-16-7-6-10-2-1-3-10/h4-5,8,10,16H,1-3,6-7,9H2. The van der Waals surface area contributed by atoms with E-state index in [0.717, 1.165) is 19.0 Å². The molecule has 1 aliphatic carbocycles. The predicted octanol–water partition coefficient (Wildman–Crippen LogP) is 4.27. The fraction of sp³-hybridized carbons (Fsp3) is 0.538. The number of benzene rings is 1. The molecule has 0 radical (unpaired) electrons. The van der Waals surface area contributed by atoms with Crippen molar-refractivity contribution < 1.29 is 0 Å². The van der Waals surface area contributed by atoms with Crippen molar-refractivity contribution in [2.75, 3.05) is 6.54 Å². The summed E-state index contributed by atoms with van der Waals surface area (Å²) in [5.74, 6) is 0.973. The lowest BCUT2D eigenvalue weighted by molar-refractivity contribution is 0.292. The van der Waals surface area contributed by atoms with Crippen LogP contribution in [0.4, 0.5) is 0 Å². The van der Waals surface area contributed by atoms with Crippen LogP contribution in [0.5, 0.6) is 0 Å². The zero-order valence-electron chi connectivity index (χ0n) is 9.31. The van der Waals surface area contributed by atoms with Crippen molar-refractivity contribution in [1.29, 1.82) is 0 Å². The topological polar surface area (TPSA) is 12.0 Å².